The number of carbonyl (C=O) groups is 1. The zero-order valence-electron chi connectivity index (χ0n) is 14.9. The number of fused-ring (bicyclic) bond motifs is 1. The fourth-order valence-corrected chi connectivity index (χ4v) is 3.00. The maximum Gasteiger partial charge on any atom is 0.224 e. The summed E-state index contributed by atoms with van der Waals surface area (Å²) in [5, 5.41) is 22.2. The van der Waals surface area contributed by atoms with Crippen molar-refractivity contribution in [3.8, 4) is 5.69 Å². The maximum atomic E-state index is 12.2. The van der Waals surface area contributed by atoms with Crippen molar-refractivity contribution in [1.29, 1.82) is 0 Å². The standard InChI is InChI=1S/C17H20N8O.ClH/c1-12-20-22-23-25(12)15-4-2-13(3-5-15)8-17(26)19-10-14-9-16-11-18-6-7-24(16)21-14;/h2-5,9,18H,6-8,10-11H2,1H3,(H,19,26);1H. The van der Waals surface area contributed by atoms with E-state index in [0.717, 1.165) is 42.3 Å². The van der Waals surface area contributed by atoms with Crippen molar-refractivity contribution < 1.29 is 4.79 Å². The van der Waals surface area contributed by atoms with Crippen LogP contribution in [0.1, 0.15) is 22.8 Å². The number of aromatic nitrogens is 6. The summed E-state index contributed by atoms with van der Waals surface area (Å²) in [6.07, 6.45) is 0.323. The fourth-order valence-electron chi connectivity index (χ4n) is 3.00. The lowest BCUT2D eigenvalue weighted by atomic mass is 10.1. The van der Waals surface area contributed by atoms with E-state index in [0.29, 0.717) is 18.8 Å². The summed E-state index contributed by atoms with van der Waals surface area (Å²) in [5.74, 6) is 0.689. The third kappa shape index (κ3) is 4.32. The third-order valence-electron chi connectivity index (χ3n) is 4.36. The minimum absolute atomic E-state index is 0. The highest BCUT2D eigenvalue weighted by Crippen LogP contribution is 2.11. The summed E-state index contributed by atoms with van der Waals surface area (Å²) in [7, 11) is 0. The number of tetrazole rings is 1. The molecular weight excluding hydrogens is 368 g/mol. The predicted molar refractivity (Wildman–Crippen MR) is 101 cm³/mol. The summed E-state index contributed by atoms with van der Waals surface area (Å²) in [4.78, 5) is 12.2. The molecule has 0 radical (unpaired) electrons. The van der Waals surface area contributed by atoms with Crippen molar-refractivity contribution >= 4 is 18.3 Å². The zero-order chi connectivity index (χ0) is 17.9. The van der Waals surface area contributed by atoms with Gasteiger partial charge < -0.3 is 10.6 Å². The van der Waals surface area contributed by atoms with Crippen molar-refractivity contribution in [2.24, 2.45) is 0 Å². The normalized spacial score (nSPS) is 12.9. The third-order valence-corrected chi connectivity index (χ3v) is 4.36. The monoisotopic (exact) mass is 388 g/mol. The Morgan fingerprint density at radius 2 is 2.11 bits per heavy atom. The smallest absolute Gasteiger partial charge is 0.224 e. The molecule has 1 aliphatic rings. The van der Waals surface area contributed by atoms with Crippen LogP contribution in [-0.4, -0.2) is 42.4 Å². The highest BCUT2D eigenvalue weighted by atomic mass is 35.5. The van der Waals surface area contributed by atoms with Crippen LogP contribution in [0.5, 0.6) is 0 Å². The Balaban J connectivity index is 0.00000210. The van der Waals surface area contributed by atoms with Crippen molar-refractivity contribution in [2.45, 2.75) is 33.0 Å². The SMILES string of the molecule is Cc1nnnn1-c1ccc(CC(=O)NCc2cc3n(n2)CCNC3)cc1.Cl. The van der Waals surface area contributed by atoms with Crippen LogP contribution >= 0.6 is 12.4 Å². The Hall–Kier alpha value is -2.78. The first-order chi connectivity index (χ1) is 12.7. The highest BCUT2D eigenvalue weighted by Gasteiger charge is 2.12. The molecular formula is C17H21ClN8O. The lowest BCUT2D eigenvalue weighted by Crippen LogP contribution is -2.28. The van der Waals surface area contributed by atoms with Gasteiger partial charge in [0.05, 0.1) is 36.6 Å². The molecule has 0 saturated heterocycles. The number of amides is 1. The average molecular weight is 389 g/mol. The lowest BCUT2D eigenvalue weighted by Gasteiger charge is -2.13. The van der Waals surface area contributed by atoms with Gasteiger partial charge in [-0.25, -0.2) is 0 Å². The van der Waals surface area contributed by atoms with E-state index < -0.39 is 0 Å². The molecule has 27 heavy (non-hydrogen) atoms. The van der Waals surface area contributed by atoms with E-state index in [1.165, 1.54) is 0 Å². The van der Waals surface area contributed by atoms with E-state index in [9.17, 15) is 4.79 Å². The summed E-state index contributed by atoms with van der Waals surface area (Å²) in [5.41, 5.74) is 3.86. The highest BCUT2D eigenvalue weighted by molar-refractivity contribution is 5.85. The van der Waals surface area contributed by atoms with E-state index in [1.54, 1.807) is 4.68 Å². The molecule has 1 aliphatic heterocycles. The van der Waals surface area contributed by atoms with Crippen molar-refractivity contribution in [2.75, 3.05) is 6.54 Å². The molecule has 3 heterocycles. The molecule has 4 rings (SSSR count). The van der Waals surface area contributed by atoms with Crippen LogP contribution in [0.2, 0.25) is 0 Å². The average Bonchev–Trinajstić information content (AvgIpc) is 3.26. The maximum absolute atomic E-state index is 12.2. The first-order valence-electron chi connectivity index (χ1n) is 8.56. The predicted octanol–water partition coefficient (Wildman–Crippen LogP) is 0.551. The van der Waals surface area contributed by atoms with E-state index in [1.807, 2.05) is 41.9 Å². The first-order valence-corrected chi connectivity index (χ1v) is 8.56. The van der Waals surface area contributed by atoms with Gasteiger partial charge in [-0.1, -0.05) is 12.1 Å². The second-order valence-corrected chi connectivity index (χ2v) is 6.28. The number of nitrogens with one attached hydrogen (secondary N) is 2. The molecule has 0 spiro atoms. The van der Waals surface area contributed by atoms with Gasteiger partial charge in [0.15, 0.2) is 5.82 Å². The molecule has 1 aromatic carbocycles. The first kappa shape index (κ1) is 19.0. The number of carbonyl (C=O) groups excluding carboxylic acids is 1. The van der Waals surface area contributed by atoms with Crippen LogP contribution in [0, 0.1) is 6.92 Å². The zero-order valence-corrected chi connectivity index (χ0v) is 15.7. The molecule has 0 unspecified atom stereocenters. The molecule has 0 saturated carbocycles. The number of nitrogens with zero attached hydrogens (tertiary/aromatic N) is 6. The molecule has 1 amide bonds. The summed E-state index contributed by atoms with van der Waals surface area (Å²) in [6.45, 7) is 4.91. The molecule has 10 heteroatoms. The van der Waals surface area contributed by atoms with Gasteiger partial charge in [0.1, 0.15) is 0 Å². The molecule has 9 nitrogen and oxygen atoms in total. The number of hydrogen-bond acceptors (Lipinski definition) is 6. The molecule has 142 valence electrons. The van der Waals surface area contributed by atoms with Crippen molar-refractivity contribution in [3.63, 3.8) is 0 Å². The van der Waals surface area contributed by atoms with Crippen LogP contribution in [-0.2, 0) is 30.8 Å². The van der Waals surface area contributed by atoms with Gasteiger partial charge in [-0.3, -0.25) is 9.48 Å². The molecule has 0 atom stereocenters. The van der Waals surface area contributed by atoms with Crippen LogP contribution in [0.25, 0.3) is 5.69 Å². The Morgan fingerprint density at radius 3 is 2.81 bits per heavy atom. The van der Waals surface area contributed by atoms with Gasteiger partial charge in [-0.05, 0) is 41.1 Å². The Morgan fingerprint density at radius 1 is 1.30 bits per heavy atom. The Bertz CT molecular complexity index is 894. The van der Waals surface area contributed by atoms with Gasteiger partial charge in [-0.2, -0.15) is 9.78 Å². The second kappa shape index (κ2) is 8.28. The summed E-state index contributed by atoms with van der Waals surface area (Å²) < 4.78 is 3.65. The molecule has 3 aromatic rings. The number of hydrogen-bond donors (Lipinski definition) is 2. The van der Waals surface area contributed by atoms with Crippen molar-refractivity contribution in [3.05, 3.63) is 53.1 Å². The molecule has 0 aliphatic carbocycles. The largest absolute Gasteiger partial charge is 0.350 e. The Kier molecular flexibility index (Phi) is 5.82. The second-order valence-electron chi connectivity index (χ2n) is 6.28. The minimum Gasteiger partial charge on any atom is -0.350 e. The van der Waals surface area contributed by atoms with E-state index >= 15 is 0 Å². The van der Waals surface area contributed by atoms with Crippen LogP contribution in [0.3, 0.4) is 0 Å². The van der Waals surface area contributed by atoms with Crippen LogP contribution in [0.4, 0.5) is 0 Å². The van der Waals surface area contributed by atoms with Gasteiger partial charge in [0, 0.05) is 13.1 Å². The number of aryl methyl sites for hydroxylation is 1. The molecule has 2 aromatic heterocycles. The number of halogens is 1. The lowest BCUT2D eigenvalue weighted by molar-refractivity contribution is -0.120. The molecule has 2 N–H and O–H groups in total. The van der Waals surface area contributed by atoms with E-state index in [2.05, 4.69) is 31.3 Å². The number of rotatable bonds is 5. The minimum atomic E-state index is -0.0274. The fraction of sp³-hybridized carbons (Fsp3) is 0.353. The van der Waals surface area contributed by atoms with Gasteiger partial charge in [0.2, 0.25) is 5.91 Å². The van der Waals surface area contributed by atoms with E-state index in [-0.39, 0.29) is 18.3 Å². The van der Waals surface area contributed by atoms with Gasteiger partial charge in [0.25, 0.3) is 0 Å². The van der Waals surface area contributed by atoms with Gasteiger partial charge in [-0.15, -0.1) is 17.5 Å². The Labute approximate surface area is 162 Å². The van der Waals surface area contributed by atoms with E-state index in [4.69, 9.17) is 0 Å². The molecule has 0 bridgehead atoms. The quantitative estimate of drug-likeness (QED) is 0.661. The van der Waals surface area contributed by atoms with Gasteiger partial charge >= 0.3 is 0 Å². The van der Waals surface area contributed by atoms with Crippen LogP contribution in [0.15, 0.2) is 30.3 Å². The van der Waals surface area contributed by atoms with Crippen molar-refractivity contribution in [1.82, 2.24) is 40.6 Å². The summed E-state index contributed by atoms with van der Waals surface area (Å²) in [6, 6.07) is 9.68. The topological polar surface area (TPSA) is 103 Å². The molecule has 0 fully saturated rings. The van der Waals surface area contributed by atoms with Crippen LogP contribution < -0.4 is 10.6 Å². The number of benzene rings is 1. The summed E-state index contributed by atoms with van der Waals surface area (Å²) >= 11 is 0.